The summed E-state index contributed by atoms with van der Waals surface area (Å²) in [5.74, 6) is 0. The van der Waals surface area contributed by atoms with Gasteiger partial charge in [0.25, 0.3) is 0 Å². The number of carbonyl (C=O) groups excluding carboxylic acids is 1. The van der Waals surface area contributed by atoms with Crippen LogP contribution in [0.5, 0.6) is 0 Å². The van der Waals surface area contributed by atoms with Crippen molar-refractivity contribution in [1.82, 2.24) is 0 Å². The Bertz CT molecular complexity index is 37.9. The summed E-state index contributed by atoms with van der Waals surface area (Å²) in [5.41, 5.74) is 0. The van der Waals surface area contributed by atoms with Crippen molar-refractivity contribution >= 4 is 6.16 Å². The number of carboxylic acid groups (broad SMARTS) is 2. The van der Waals surface area contributed by atoms with Crippen molar-refractivity contribution in [2.75, 3.05) is 0 Å². The molecule has 0 aliphatic rings. The van der Waals surface area contributed by atoms with Crippen LogP contribution in [-0.2, 0) is 32.7 Å². The maximum atomic E-state index is 8.33. The Morgan fingerprint density at radius 1 is 1.29 bits per heavy atom. The third-order valence-electron chi connectivity index (χ3n) is 0. The Morgan fingerprint density at radius 3 is 1.29 bits per heavy atom. The summed E-state index contributed by atoms with van der Waals surface area (Å²) in [5, 5.41) is 16.7. The summed E-state index contributed by atoms with van der Waals surface area (Å²) in [6.07, 6.45) is -2.33. The first-order chi connectivity index (χ1) is 1.73. The molecule has 7 heavy (non-hydrogen) atoms. The fraction of sp³-hybridized carbons (Fsp3) is 0. The molecule has 0 unspecified atom stereocenters. The molecule has 0 aliphatic carbocycles. The van der Waals surface area contributed by atoms with E-state index in [1.165, 1.54) is 0 Å². The number of hydrogen-bond acceptors (Lipinski definition) is 3. The van der Waals surface area contributed by atoms with Gasteiger partial charge in [-0.25, -0.2) is 0 Å². The molecule has 0 fully saturated rings. The maximum absolute atomic E-state index is 8.33. The average Bonchev–Trinajstić information content (AvgIpc) is 0.811. The van der Waals surface area contributed by atoms with Gasteiger partial charge in [-0.15, -0.1) is 0 Å². The van der Waals surface area contributed by atoms with Gasteiger partial charge in [0.2, 0.25) is 0 Å². The first-order valence-electron chi connectivity index (χ1n) is 0.612. The molecule has 32 valence electrons. The van der Waals surface area contributed by atoms with Gasteiger partial charge in [0.15, 0.2) is 0 Å². The maximum Gasteiger partial charge on any atom is 3.00 e. The van der Waals surface area contributed by atoms with E-state index >= 15 is 0 Å². The molecule has 0 aliphatic heterocycles. The Labute approximate surface area is 87.0 Å². The molecule has 0 saturated carbocycles. The number of rotatable bonds is 0. The fourth-order valence-corrected chi connectivity index (χ4v) is 0. The van der Waals surface area contributed by atoms with Crippen LogP contribution in [-0.4, -0.2) is 6.16 Å². The van der Waals surface area contributed by atoms with Crippen molar-refractivity contribution in [3.05, 3.63) is 0 Å². The molecule has 3 nitrogen and oxygen atoms in total. The smallest absolute Gasteiger partial charge is 1.00 e. The Kier molecular flexibility index (Phi) is 53.5. The number of hydrogen-bond donors (Lipinski definition) is 0. The van der Waals surface area contributed by atoms with E-state index in [2.05, 4.69) is 0 Å². The molecule has 0 rings (SSSR count). The molecule has 0 radical (unpaired) electrons. The molecule has 0 aromatic carbocycles. The standard InChI is InChI=1S/CH2O3.FH.Na.Y/c2-1(3)4;;;/h(H2,2,3,4);1H;;/q;;+1;+3/p-3. The van der Waals surface area contributed by atoms with E-state index in [9.17, 15) is 0 Å². The van der Waals surface area contributed by atoms with Gasteiger partial charge < -0.3 is 19.7 Å². The van der Waals surface area contributed by atoms with E-state index in [1.54, 1.807) is 0 Å². The molecule has 0 saturated heterocycles. The van der Waals surface area contributed by atoms with Crippen molar-refractivity contribution in [2.45, 2.75) is 0 Å². The molecule has 0 aromatic heterocycles. The zero-order valence-corrected chi connectivity index (χ0v) is 8.52. The van der Waals surface area contributed by atoms with Gasteiger partial charge in [-0.3, -0.25) is 0 Å². The number of halogens is 1. The molecule has 0 atom stereocenters. The van der Waals surface area contributed by atoms with Crippen LogP contribution in [0.1, 0.15) is 0 Å². The zero-order valence-electron chi connectivity index (χ0n) is 3.68. The second kappa shape index (κ2) is 15.7. The van der Waals surface area contributed by atoms with Crippen molar-refractivity contribution in [3.8, 4) is 0 Å². The van der Waals surface area contributed by atoms with Crippen LogP contribution in [0.25, 0.3) is 0 Å². The van der Waals surface area contributed by atoms with Crippen LogP contribution in [0, 0.1) is 0 Å². The Morgan fingerprint density at radius 2 is 1.29 bits per heavy atom. The van der Waals surface area contributed by atoms with Gasteiger partial charge >= 0.3 is 62.3 Å². The van der Waals surface area contributed by atoms with Crippen LogP contribution in [0.3, 0.4) is 0 Å². The van der Waals surface area contributed by atoms with Gasteiger partial charge in [0.1, 0.15) is 0 Å². The molecule has 0 aromatic rings. The van der Waals surface area contributed by atoms with Crippen molar-refractivity contribution in [3.63, 3.8) is 0 Å². The normalized spacial score (nSPS) is 3.43. The van der Waals surface area contributed by atoms with Crippen molar-refractivity contribution < 1.29 is 82.0 Å². The van der Waals surface area contributed by atoms with Crippen molar-refractivity contribution in [1.29, 1.82) is 0 Å². The second-order valence-electron chi connectivity index (χ2n) is 0.250. The summed E-state index contributed by atoms with van der Waals surface area (Å²) in [4.78, 5) is 8.33. The molecule has 0 heterocycles. The van der Waals surface area contributed by atoms with E-state index in [0.29, 0.717) is 0 Å². The van der Waals surface area contributed by atoms with E-state index in [0.717, 1.165) is 0 Å². The molecule has 0 spiro atoms. The predicted octanol–water partition coefficient (Wildman–Crippen LogP) is -8.44. The Balaban J connectivity index is -0.0000000150. The van der Waals surface area contributed by atoms with Gasteiger partial charge in [-0.1, -0.05) is 0 Å². The van der Waals surface area contributed by atoms with E-state index < -0.39 is 6.16 Å². The molecular formula is CFNaO3Y+. The van der Waals surface area contributed by atoms with E-state index in [1.807, 2.05) is 0 Å². The summed E-state index contributed by atoms with van der Waals surface area (Å²) in [7, 11) is 0. The monoisotopic (exact) mass is 191 g/mol. The third kappa shape index (κ3) is 121. The first kappa shape index (κ1) is 23.9. The van der Waals surface area contributed by atoms with Gasteiger partial charge in [0, 0.05) is 0 Å². The van der Waals surface area contributed by atoms with Crippen LogP contribution in [0.15, 0.2) is 0 Å². The predicted molar refractivity (Wildman–Crippen MR) is 5.40 cm³/mol. The van der Waals surface area contributed by atoms with Crippen LogP contribution >= 0.6 is 0 Å². The molecule has 0 N–H and O–H groups in total. The molecule has 0 bridgehead atoms. The average molecular weight is 191 g/mol. The minimum absolute atomic E-state index is 0. The largest absolute Gasteiger partial charge is 3.00 e. The topological polar surface area (TPSA) is 63.2 Å². The van der Waals surface area contributed by atoms with Gasteiger partial charge in [0.05, 0.1) is 0 Å². The SMILES string of the molecule is O=C([O-])[O-].[F-].[Na+].[Y+3]. The van der Waals surface area contributed by atoms with Crippen LogP contribution < -0.4 is 44.5 Å². The zero-order chi connectivity index (χ0) is 3.58. The van der Waals surface area contributed by atoms with Crippen LogP contribution in [0.2, 0.25) is 0 Å². The van der Waals surface area contributed by atoms with Gasteiger partial charge in [-0.2, -0.15) is 0 Å². The van der Waals surface area contributed by atoms with Gasteiger partial charge in [-0.05, 0) is 6.16 Å². The van der Waals surface area contributed by atoms with E-state index in [4.69, 9.17) is 15.0 Å². The molecule has 6 heteroatoms. The Hall–Kier alpha value is 1.30. The quantitative estimate of drug-likeness (QED) is 0.357. The number of carbonyl (C=O) groups is 1. The first-order valence-corrected chi connectivity index (χ1v) is 0.612. The molecular weight excluding hydrogens is 191 g/mol. The summed E-state index contributed by atoms with van der Waals surface area (Å²) in [6.45, 7) is 0. The fourth-order valence-electron chi connectivity index (χ4n) is 0. The summed E-state index contributed by atoms with van der Waals surface area (Å²) in [6, 6.07) is 0. The van der Waals surface area contributed by atoms with Crippen molar-refractivity contribution in [2.24, 2.45) is 0 Å². The molecule has 0 amide bonds. The minimum atomic E-state index is -2.33. The summed E-state index contributed by atoms with van der Waals surface area (Å²) < 4.78 is 0. The third-order valence-corrected chi connectivity index (χ3v) is 0. The summed E-state index contributed by atoms with van der Waals surface area (Å²) >= 11 is 0. The van der Waals surface area contributed by atoms with E-state index in [-0.39, 0.29) is 67.0 Å². The van der Waals surface area contributed by atoms with Crippen LogP contribution in [0.4, 0.5) is 4.79 Å². The second-order valence-corrected chi connectivity index (χ2v) is 0.250. The minimum Gasteiger partial charge on any atom is -1.00 e.